The van der Waals surface area contributed by atoms with Crippen molar-refractivity contribution in [1.29, 1.82) is 0 Å². The lowest BCUT2D eigenvalue weighted by atomic mass is 10.2. The highest BCUT2D eigenvalue weighted by Crippen LogP contribution is 2.44. The Labute approximate surface area is 105 Å². The molecule has 18 heavy (non-hydrogen) atoms. The molecule has 0 spiro atoms. The SMILES string of the molecule is CC1(C)C[C@@H]1NC(=O)Nc1ccn2ccnc2c1. The molecule has 2 aromatic heterocycles. The van der Waals surface area contributed by atoms with E-state index >= 15 is 0 Å². The van der Waals surface area contributed by atoms with Crippen LogP contribution in [0.2, 0.25) is 0 Å². The van der Waals surface area contributed by atoms with Crippen LogP contribution in [0.25, 0.3) is 5.65 Å². The second-order valence-electron chi connectivity index (χ2n) is 5.45. The number of nitrogens with one attached hydrogen (secondary N) is 2. The monoisotopic (exact) mass is 244 g/mol. The summed E-state index contributed by atoms with van der Waals surface area (Å²) in [6.07, 6.45) is 6.51. The van der Waals surface area contributed by atoms with E-state index in [0.717, 1.165) is 17.8 Å². The number of fused-ring (bicyclic) bond motifs is 1. The number of hydrogen-bond donors (Lipinski definition) is 2. The molecule has 0 saturated heterocycles. The second kappa shape index (κ2) is 3.73. The van der Waals surface area contributed by atoms with Gasteiger partial charge in [-0.2, -0.15) is 0 Å². The molecule has 0 radical (unpaired) electrons. The first-order chi connectivity index (χ1) is 8.54. The highest BCUT2D eigenvalue weighted by molar-refractivity contribution is 5.90. The summed E-state index contributed by atoms with van der Waals surface area (Å²) >= 11 is 0. The Morgan fingerprint density at radius 3 is 3.00 bits per heavy atom. The molecule has 1 saturated carbocycles. The minimum absolute atomic E-state index is 0.151. The van der Waals surface area contributed by atoms with E-state index in [1.807, 2.05) is 28.9 Å². The first-order valence-corrected chi connectivity index (χ1v) is 6.05. The van der Waals surface area contributed by atoms with E-state index in [2.05, 4.69) is 29.5 Å². The predicted molar refractivity (Wildman–Crippen MR) is 69.5 cm³/mol. The smallest absolute Gasteiger partial charge is 0.319 e. The van der Waals surface area contributed by atoms with Gasteiger partial charge in [-0.25, -0.2) is 9.78 Å². The molecule has 2 amide bonds. The van der Waals surface area contributed by atoms with Gasteiger partial charge >= 0.3 is 6.03 Å². The van der Waals surface area contributed by atoms with Crippen molar-refractivity contribution in [2.45, 2.75) is 26.3 Å². The van der Waals surface area contributed by atoms with Crippen LogP contribution >= 0.6 is 0 Å². The summed E-state index contributed by atoms with van der Waals surface area (Å²) in [5, 5.41) is 5.79. The van der Waals surface area contributed by atoms with E-state index in [1.165, 1.54) is 0 Å². The molecular formula is C13H16N4O. The van der Waals surface area contributed by atoms with Crippen LogP contribution < -0.4 is 10.6 Å². The van der Waals surface area contributed by atoms with Crippen LogP contribution in [-0.4, -0.2) is 21.5 Å². The third-order valence-corrected chi connectivity index (χ3v) is 3.47. The number of pyridine rings is 1. The average molecular weight is 244 g/mol. The Bertz CT molecular complexity index is 602. The van der Waals surface area contributed by atoms with Crippen molar-refractivity contribution >= 4 is 17.4 Å². The van der Waals surface area contributed by atoms with Gasteiger partial charge in [0, 0.05) is 36.4 Å². The zero-order valence-corrected chi connectivity index (χ0v) is 10.5. The van der Waals surface area contributed by atoms with Gasteiger partial charge in [-0.05, 0) is 17.9 Å². The van der Waals surface area contributed by atoms with Crippen LogP contribution in [0.3, 0.4) is 0 Å². The number of carbonyl (C=O) groups is 1. The Morgan fingerprint density at radius 2 is 2.28 bits per heavy atom. The quantitative estimate of drug-likeness (QED) is 0.851. The van der Waals surface area contributed by atoms with E-state index < -0.39 is 0 Å². The predicted octanol–water partition coefficient (Wildman–Crippen LogP) is 2.25. The van der Waals surface area contributed by atoms with E-state index in [4.69, 9.17) is 0 Å². The zero-order valence-electron chi connectivity index (χ0n) is 10.5. The van der Waals surface area contributed by atoms with Gasteiger partial charge < -0.3 is 15.0 Å². The summed E-state index contributed by atoms with van der Waals surface area (Å²) in [5.41, 5.74) is 1.81. The zero-order chi connectivity index (χ0) is 12.8. The van der Waals surface area contributed by atoms with Crippen molar-refractivity contribution in [2.75, 3.05) is 5.32 Å². The minimum atomic E-state index is -0.151. The van der Waals surface area contributed by atoms with E-state index in [9.17, 15) is 4.79 Å². The van der Waals surface area contributed by atoms with Crippen molar-refractivity contribution in [3.8, 4) is 0 Å². The Hall–Kier alpha value is -2.04. The van der Waals surface area contributed by atoms with Crippen LogP contribution in [0.4, 0.5) is 10.5 Å². The molecule has 2 heterocycles. The van der Waals surface area contributed by atoms with Crippen molar-refractivity contribution in [2.24, 2.45) is 5.41 Å². The maximum absolute atomic E-state index is 11.8. The molecule has 3 rings (SSSR count). The fourth-order valence-electron chi connectivity index (χ4n) is 2.03. The number of anilines is 1. The molecule has 0 aliphatic heterocycles. The summed E-state index contributed by atoms with van der Waals surface area (Å²) in [6, 6.07) is 3.83. The van der Waals surface area contributed by atoms with Gasteiger partial charge in [0.05, 0.1) is 0 Å². The van der Waals surface area contributed by atoms with Crippen LogP contribution in [0.5, 0.6) is 0 Å². The highest BCUT2D eigenvalue weighted by atomic mass is 16.2. The summed E-state index contributed by atoms with van der Waals surface area (Å²) < 4.78 is 1.90. The van der Waals surface area contributed by atoms with Gasteiger partial charge in [-0.15, -0.1) is 0 Å². The molecule has 5 nitrogen and oxygen atoms in total. The molecule has 1 aliphatic rings. The third kappa shape index (κ3) is 2.03. The number of imidazole rings is 1. The first-order valence-electron chi connectivity index (χ1n) is 6.05. The number of aromatic nitrogens is 2. The minimum Gasteiger partial charge on any atom is -0.335 e. The molecule has 2 N–H and O–H groups in total. The van der Waals surface area contributed by atoms with Crippen LogP contribution in [0.1, 0.15) is 20.3 Å². The van der Waals surface area contributed by atoms with Gasteiger partial charge in [-0.3, -0.25) is 0 Å². The van der Waals surface area contributed by atoms with Gasteiger partial charge in [0.1, 0.15) is 5.65 Å². The number of carbonyl (C=O) groups excluding carboxylic acids is 1. The maximum atomic E-state index is 11.8. The molecular weight excluding hydrogens is 228 g/mol. The molecule has 0 unspecified atom stereocenters. The summed E-state index contributed by atoms with van der Waals surface area (Å²) in [6.45, 7) is 4.29. The Morgan fingerprint density at radius 1 is 1.50 bits per heavy atom. The molecule has 0 aromatic carbocycles. The van der Waals surface area contributed by atoms with Gasteiger partial charge in [0.25, 0.3) is 0 Å². The highest BCUT2D eigenvalue weighted by Gasteiger charge is 2.46. The maximum Gasteiger partial charge on any atom is 0.319 e. The lowest BCUT2D eigenvalue weighted by molar-refractivity contribution is 0.250. The lowest BCUT2D eigenvalue weighted by Gasteiger charge is -2.09. The normalized spacial score (nSPS) is 20.7. The number of hydrogen-bond acceptors (Lipinski definition) is 2. The van der Waals surface area contributed by atoms with Crippen LogP contribution in [0, 0.1) is 5.41 Å². The molecule has 0 bridgehead atoms. The number of urea groups is 1. The fourth-order valence-corrected chi connectivity index (χ4v) is 2.03. The second-order valence-corrected chi connectivity index (χ2v) is 5.45. The van der Waals surface area contributed by atoms with Gasteiger partial charge in [0.2, 0.25) is 0 Å². The molecule has 1 aliphatic carbocycles. The molecule has 5 heteroatoms. The number of amides is 2. The largest absolute Gasteiger partial charge is 0.335 e. The molecule has 94 valence electrons. The van der Waals surface area contributed by atoms with Crippen molar-refractivity contribution in [3.05, 3.63) is 30.7 Å². The van der Waals surface area contributed by atoms with Crippen molar-refractivity contribution in [1.82, 2.24) is 14.7 Å². The van der Waals surface area contributed by atoms with Crippen molar-refractivity contribution in [3.63, 3.8) is 0 Å². The lowest BCUT2D eigenvalue weighted by Crippen LogP contribution is -2.32. The Kier molecular flexibility index (Phi) is 2.29. The van der Waals surface area contributed by atoms with Crippen LogP contribution in [-0.2, 0) is 0 Å². The van der Waals surface area contributed by atoms with Crippen LogP contribution in [0.15, 0.2) is 30.7 Å². The van der Waals surface area contributed by atoms with E-state index in [-0.39, 0.29) is 17.5 Å². The molecule has 1 fully saturated rings. The molecule has 2 aromatic rings. The van der Waals surface area contributed by atoms with E-state index in [1.54, 1.807) is 6.20 Å². The summed E-state index contributed by atoms with van der Waals surface area (Å²) in [5.74, 6) is 0. The van der Waals surface area contributed by atoms with Crippen molar-refractivity contribution < 1.29 is 4.79 Å². The number of rotatable bonds is 2. The average Bonchev–Trinajstić information content (AvgIpc) is 2.75. The number of nitrogens with zero attached hydrogens (tertiary/aromatic N) is 2. The summed E-state index contributed by atoms with van der Waals surface area (Å²) in [7, 11) is 0. The third-order valence-electron chi connectivity index (χ3n) is 3.47. The first kappa shape index (κ1) is 11.1. The van der Waals surface area contributed by atoms with Gasteiger partial charge in [0.15, 0.2) is 0 Å². The standard InChI is InChI=1S/C13H16N4O/c1-13(2)8-10(13)16-12(18)15-9-3-5-17-6-4-14-11(17)7-9/h3-7,10H,8H2,1-2H3,(H2,15,16,18)/t10-/m0/s1. The van der Waals surface area contributed by atoms with Gasteiger partial charge in [-0.1, -0.05) is 13.8 Å². The topological polar surface area (TPSA) is 58.4 Å². The Balaban J connectivity index is 1.66. The molecule has 1 atom stereocenters. The van der Waals surface area contributed by atoms with E-state index in [0.29, 0.717) is 0 Å². The summed E-state index contributed by atoms with van der Waals surface area (Å²) in [4.78, 5) is 15.9. The fraction of sp³-hybridized carbons (Fsp3) is 0.385.